The van der Waals surface area contributed by atoms with Crippen molar-refractivity contribution in [1.82, 2.24) is 0 Å². The zero-order chi connectivity index (χ0) is 33.0. The molecule has 0 aliphatic heterocycles. The van der Waals surface area contributed by atoms with Crippen LogP contribution in [0.2, 0.25) is 0 Å². The first-order valence-corrected chi connectivity index (χ1v) is 17.4. The van der Waals surface area contributed by atoms with Crippen molar-refractivity contribution in [3.8, 4) is 44.5 Å². The molecule has 0 saturated carbocycles. The molecule has 10 aromatic rings. The largest absolute Gasteiger partial charge is 0.0622 e. The summed E-state index contributed by atoms with van der Waals surface area (Å²) >= 11 is 0. The SMILES string of the molecule is c1ccc(-c2cccc3cccc(-c4ccc5cc(-c6c7ccccc7c(-c7cccc8ccccc78)c7ccccc67)ccc5c4)c23)cc1. The van der Waals surface area contributed by atoms with E-state index in [1.807, 2.05) is 0 Å². The van der Waals surface area contributed by atoms with Gasteiger partial charge < -0.3 is 0 Å². The zero-order valence-corrected chi connectivity index (χ0v) is 27.5. The first-order chi connectivity index (χ1) is 24.8. The molecule has 10 rings (SSSR count). The highest BCUT2D eigenvalue weighted by Gasteiger charge is 2.18. The highest BCUT2D eigenvalue weighted by molar-refractivity contribution is 6.23. The van der Waals surface area contributed by atoms with Crippen molar-refractivity contribution in [2.45, 2.75) is 0 Å². The summed E-state index contributed by atoms with van der Waals surface area (Å²) in [5.74, 6) is 0. The Balaban J connectivity index is 1.16. The van der Waals surface area contributed by atoms with Gasteiger partial charge in [-0.3, -0.25) is 0 Å². The van der Waals surface area contributed by atoms with Crippen molar-refractivity contribution in [1.29, 1.82) is 0 Å². The van der Waals surface area contributed by atoms with Crippen LogP contribution in [-0.2, 0) is 0 Å². The van der Waals surface area contributed by atoms with E-state index in [-0.39, 0.29) is 0 Å². The normalized spacial score (nSPS) is 11.6. The van der Waals surface area contributed by atoms with Gasteiger partial charge in [-0.05, 0) is 111 Å². The Labute approximate surface area is 291 Å². The van der Waals surface area contributed by atoms with Crippen LogP contribution < -0.4 is 0 Å². The molecule has 0 N–H and O–H groups in total. The van der Waals surface area contributed by atoms with E-state index in [0.29, 0.717) is 0 Å². The number of hydrogen-bond donors (Lipinski definition) is 0. The van der Waals surface area contributed by atoms with E-state index in [9.17, 15) is 0 Å². The van der Waals surface area contributed by atoms with E-state index in [4.69, 9.17) is 0 Å². The molecule has 0 heteroatoms. The minimum absolute atomic E-state index is 1.23. The Morgan fingerprint density at radius 2 is 0.680 bits per heavy atom. The molecule has 0 bridgehead atoms. The maximum atomic E-state index is 2.38. The van der Waals surface area contributed by atoms with Gasteiger partial charge in [0, 0.05) is 0 Å². The van der Waals surface area contributed by atoms with Gasteiger partial charge in [0.1, 0.15) is 0 Å². The van der Waals surface area contributed by atoms with E-state index in [1.54, 1.807) is 0 Å². The first-order valence-electron chi connectivity index (χ1n) is 17.4. The molecule has 0 spiro atoms. The van der Waals surface area contributed by atoms with Gasteiger partial charge in [0.25, 0.3) is 0 Å². The minimum atomic E-state index is 1.23. The van der Waals surface area contributed by atoms with Crippen LogP contribution in [-0.4, -0.2) is 0 Å². The predicted molar refractivity (Wildman–Crippen MR) is 216 cm³/mol. The lowest BCUT2D eigenvalue weighted by atomic mass is 9.84. The molecule has 0 heterocycles. The van der Waals surface area contributed by atoms with Crippen molar-refractivity contribution in [2.75, 3.05) is 0 Å². The Hall–Kier alpha value is -6.50. The van der Waals surface area contributed by atoms with E-state index >= 15 is 0 Å². The lowest BCUT2D eigenvalue weighted by Crippen LogP contribution is -1.92. The van der Waals surface area contributed by atoms with E-state index < -0.39 is 0 Å². The van der Waals surface area contributed by atoms with Crippen molar-refractivity contribution in [3.63, 3.8) is 0 Å². The van der Waals surface area contributed by atoms with E-state index in [2.05, 4.69) is 194 Å². The van der Waals surface area contributed by atoms with Crippen molar-refractivity contribution >= 4 is 53.9 Å². The molecule has 232 valence electrons. The molecule has 0 aliphatic carbocycles. The highest BCUT2D eigenvalue weighted by Crippen LogP contribution is 2.46. The molecule has 0 aromatic heterocycles. The molecule has 0 fully saturated rings. The van der Waals surface area contributed by atoms with Crippen LogP contribution in [0, 0.1) is 0 Å². The quantitative estimate of drug-likeness (QED) is 0.169. The Bertz CT molecular complexity index is 2850. The fourth-order valence-electron chi connectivity index (χ4n) is 8.18. The molecular formula is C50H32. The smallest absolute Gasteiger partial charge is 0.00201 e. The van der Waals surface area contributed by atoms with Crippen molar-refractivity contribution in [2.24, 2.45) is 0 Å². The van der Waals surface area contributed by atoms with Crippen LogP contribution in [0.3, 0.4) is 0 Å². The van der Waals surface area contributed by atoms with Crippen LogP contribution in [0.5, 0.6) is 0 Å². The summed E-state index contributed by atoms with van der Waals surface area (Å²) in [7, 11) is 0. The third-order valence-corrected chi connectivity index (χ3v) is 10.4. The van der Waals surface area contributed by atoms with Crippen LogP contribution in [0.1, 0.15) is 0 Å². The highest BCUT2D eigenvalue weighted by atomic mass is 14.2. The molecule has 0 atom stereocenters. The van der Waals surface area contributed by atoms with Gasteiger partial charge in [-0.15, -0.1) is 0 Å². The summed E-state index contributed by atoms with van der Waals surface area (Å²) in [5, 5.41) is 12.7. The van der Waals surface area contributed by atoms with Gasteiger partial charge in [-0.2, -0.15) is 0 Å². The summed E-state index contributed by atoms with van der Waals surface area (Å²) in [6.45, 7) is 0. The van der Waals surface area contributed by atoms with Crippen LogP contribution in [0.4, 0.5) is 0 Å². The van der Waals surface area contributed by atoms with Gasteiger partial charge in [-0.1, -0.05) is 182 Å². The fraction of sp³-hybridized carbons (Fsp3) is 0. The average molecular weight is 633 g/mol. The molecule has 0 amide bonds. The van der Waals surface area contributed by atoms with Crippen LogP contribution in [0.15, 0.2) is 194 Å². The summed E-state index contributed by atoms with van der Waals surface area (Å²) in [4.78, 5) is 0. The Kier molecular flexibility index (Phi) is 6.60. The summed E-state index contributed by atoms with van der Waals surface area (Å²) < 4.78 is 0. The van der Waals surface area contributed by atoms with Gasteiger partial charge in [0.15, 0.2) is 0 Å². The average Bonchev–Trinajstić information content (AvgIpc) is 3.19. The molecule has 10 aromatic carbocycles. The standard InChI is InChI=1S/C50H32/c1-2-13-34(14-3-1)41-24-11-17-35-18-12-25-42(48(35)41)38-29-27-37-32-39(30-28-36(37)31-38)49-44-20-6-8-22-46(44)50(47-23-9-7-21-45(47)49)43-26-10-16-33-15-4-5-19-40(33)43/h1-32H. The Morgan fingerprint density at radius 3 is 1.34 bits per heavy atom. The minimum Gasteiger partial charge on any atom is -0.0622 e. The molecule has 0 saturated heterocycles. The second kappa shape index (κ2) is 11.6. The van der Waals surface area contributed by atoms with Crippen LogP contribution in [0.25, 0.3) is 98.4 Å². The Morgan fingerprint density at radius 1 is 0.220 bits per heavy atom. The first kappa shape index (κ1) is 28.5. The maximum absolute atomic E-state index is 2.38. The van der Waals surface area contributed by atoms with Crippen LogP contribution >= 0.6 is 0 Å². The third-order valence-electron chi connectivity index (χ3n) is 10.4. The summed E-state index contributed by atoms with van der Waals surface area (Å²) in [5.41, 5.74) is 10.1. The molecule has 0 aliphatic rings. The number of rotatable bonds is 4. The monoisotopic (exact) mass is 632 g/mol. The predicted octanol–water partition coefficient (Wildman–Crippen LogP) is 14.1. The summed E-state index contributed by atoms with van der Waals surface area (Å²) in [6.07, 6.45) is 0. The molecular weight excluding hydrogens is 601 g/mol. The molecule has 0 nitrogen and oxygen atoms in total. The second-order valence-electron chi connectivity index (χ2n) is 13.2. The van der Waals surface area contributed by atoms with Gasteiger partial charge in [-0.25, -0.2) is 0 Å². The van der Waals surface area contributed by atoms with E-state index in [0.717, 1.165) is 0 Å². The van der Waals surface area contributed by atoms with Gasteiger partial charge >= 0.3 is 0 Å². The van der Waals surface area contributed by atoms with Crippen molar-refractivity contribution in [3.05, 3.63) is 194 Å². The van der Waals surface area contributed by atoms with E-state index in [1.165, 1.54) is 98.4 Å². The topological polar surface area (TPSA) is 0 Å². The number of fused-ring (bicyclic) bond motifs is 5. The molecule has 0 radical (unpaired) electrons. The molecule has 0 unspecified atom stereocenters. The fourth-order valence-corrected chi connectivity index (χ4v) is 8.18. The maximum Gasteiger partial charge on any atom is -0.00201 e. The lowest BCUT2D eigenvalue weighted by molar-refractivity contribution is 1.63. The number of benzene rings is 10. The third kappa shape index (κ3) is 4.54. The summed E-state index contributed by atoms with van der Waals surface area (Å²) in [6, 6.07) is 71.3. The second-order valence-corrected chi connectivity index (χ2v) is 13.2. The lowest BCUT2D eigenvalue weighted by Gasteiger charge is -2.19. The van der Waals surface area contributed by atoms with Crippen molar-refractivity contribution < 1.29 is 0 Å². The van der Waals surface area contributed by atoms with Gasteiger partial charge in [0.05, 0.1) is 0 Å². The number of hydrogen-bond acceptors (Lipinski definition) is 0. The molecule has 50 heavy (non-hydrogen) atoms. The van der Waals surface area contributed by atoms with Gasteiger partial charge in [0.2, 0.25) is 0 Å². The zero-order valence-electron chi connectivity index (χ0n) is 27.5.